The second-order valence-corrected chi connectivity index (χ2v) is 7.10. The van der Waals surface area contributed by atoms with E-state index in [0.717, 1.165) is 32.8 Å². The molecule has 0 atom stereocenters. The van der Waals surface area contributed by atoms with E-state index in [-0.39, 0.29) is 22.4 Å². The molecule has 150 valence electrons. The van der Waals surface area contributed by atoms with Gasteiger partial charge in [0.15, 0.2) is 0 Å². The third kappa shape index (κ3) is 5.72. The lowest BCUT2D eigenvalue weighted by Crippen LogP contribution is -2.41. The molecule has 1 aliphatic rings. The lowest BCUT2D eigenvalue weighted by molar-refractivity contribution is -0.120. The fraction of sp³-hybridized carbons (Fsp3) is 0.368. The molecule has 0 spiro atoms. The summed E-state index contributed by atoms with van der Waals surface area (Å²) in [5.41, 5.74) is 6.69. The Bertz CT molecular complexity index is 829. The lowest BCUT2D eigenvalue weighted by Gasteiger charge is -2.26. The van der Waals surface area contributed by atoms with Crippen molar-refractivity contribution < 1.29 is 14.3 Å². The zero-order valence-corrected chi connectivity index (χ0v) is 16.8. The summed E-state index contributed by atoms with van der Waals surface area (Å²) in [6.45, 7) is 4.68. The molecule has 28 heavy (non-hydrogen) atoms. The van der Waals surface area contributed by atoms with Gasteiger partial charge < -0.3 is 20.5 Å². The minimum Gasteiger partial charge on any atom is -0.456 e. The number of morpholine rings is 1. The number of pyridine rings is 1. The average Bonchev–Trinajstić information content (AvgIpc) is 2.69. The standard InChI is InChI=1S/C19H22Cl2N4O3/c20-18-15(22)1-2-16(19(18)21)28-14-3-4-23-13(11-14)12-17(26)24-5-6-25-7-9-27-10-8-25/h1-4,11H,5-10,12,22H2,(H,24,26). The number of amides is 1. The third-order valence-corrected chi connectivity index (χ3v) is 5.17. The van der Waals surface area contributed by atoms with Crippen LogP contribution in [0.15, 0.2) is 30.5 Å². The van der Waals surface area contributed by atoms with Crippen LogP contribution in [-0.4, -0.2) is 55.2 Å². The predicted molar refractivity (Wildman–Crippen MR) is 109 cm³/mol. The van der Waals surface area contributed by atoms with Gasteiger partial charge >= 0.3 is 0 Å². The Morgan fingerprint density at radius 1 is 1.25 bits per heavy atom. The van der Waals surface area contributed by atoms with Crippen molar-refractivity contribution in [2.45, 2.75) is 6.42 Å². The minimum atomic E-state index is -0.0912. The summed E-state index contributed by atoms with van der Waals surface area (Å²) in [5.74, 6) is 0.799. The maximum atomic E-state index is 12.2. The van der Waals surface area contributed by atoms with Crippen LogP contribution in [0.4, 0.5) is 5.69 Å². The number of carbonyl (C=O) groups excluding carboxylic acids is 1. The van der Waals surface area contributed by atoms with Crippen LogP contribution < -0.4 is 15.8 Å². The van der Waals surface area contributed by atoms with Crippen LogP contribution in [0.25, 0.3) is 0 Å². The molecular weight excluding hydrogens is 403 g/mol. The van der Waals surface area contributed by atoms with Crippen LogP contribution in [0.5, 0.6) is 11.5 Å². The Morgan fingerprint density at radius 2 is 2.04 bits per heavy atom. The molecular formula is C19H22Cl2N4O3. The SMILES string of the molecule is Nc1ccc(Oc2ccnc(CC(=O)NCCN3CCOCC3)c2)c(Cl)c1Cl. The molecule has 0 bridgehead atoms. The van der Waals surface area contributed by atoms with Gasteiger partial charge in [-0.3, -0.25) is 14.7 Å². The molecule has 1 aromatic heterocycles. The van der Waals surface area contributed by atoms with E-state index in [2.05, 4.69) is 15.2 Å². The summed E-state index contributed by atoms with van der Waals surface area (Å²) < 4.78 is 11.1. The van der Waals surface area contributed by atoms with E-state index in [1.165, 1.54) is 0 Å². The van der Waals surface area contributed by atoms with Gasteiger partial charge in [-0.05, 0) is 18.2 Å². The van der Waals surface area contributed by atoms with Crippen LogP contribution in [0.1, 0.15) is 5.69 Å². The van der Waals surface area contributed by atoms with Crippen LogP contribution in [0.3, 0.4) is 0 Å². The van der Waals surface area contributed by atoms with E-state index in [4.69, 9.17) is 38.4 Å². The number of ether oxygens (including phenoxy) is 2. The fourth-order valence-electron chi connectivity index (χ4n) is 2.77. The van der Waals surface area contributed by atoms with Gasteiger partial charge in [0, 0.05) is 38.4 Å². The molecule has 0 saturated carbocycles. The molecule has 0 radical (unpaired) electrons. The smallest absolute Gasteiger partial charge is 0.226 e. The Balaban J connectivity index is 1.53. The van der Waals surface area contributed by atoms with E-state index in [9.17, 15) is 4.79 Å². The Hall–Kier alpha value is -2.06. The van der Waals surface area contributed by atoms with E-state index in [1.54, 1.807) is 30.5 Å². The second kappa shape index (κ2) is 9.93. The minimum absolute atomic E-state index is 0.0912. The van der Waals surface area contributed by atoms with Crippen molar-refractivity contribution in [3.05, 3.63) is 46.2 Å². The molecule has 2 heterocycles. The number of hydrogen-bond acceptors (Lipinski definition) is 6. The first-order valence-corrected chi connectivity index (χ1v) is 9.71. The van der Waals surface area contributed by atoms with Crippen LogP contribution in [-0.2, 0) is 16.0 Å². The van der Waals surface area contributed by atoms with Gasteiger partial charge in [0.05, 0.1) is 36.0 Å². The molecule has 9 heteroatoms. The molecule has 0 unspecified atom stereocenters. The zero-order valence-electron chi connectivity index (χ0n) is 15.3. The van der Waals surface area contributed by atoms with Crippen molar-refractivity contribution in [1.82, 2.24) is 15.2 Å². The van der Waals surface area contributed by atoms with Crippen LogP contribution in [0.2, 0.25) is 10.0 Å². The van der Waals surface area contributed by atoms with Crippen LogP contribution in [0, 0.1) is 0 Å². The summed E-state index contributed by atoms with van der Waals surface area (Å²) in [6.07, 6.45) is 1.75. The number of aromatic nitrogens is 1. The molecule has 1 saturated heterocycles. The molecule has 1 fully saturated rings. The number of nitrogens with two attached hydrogens (primary N) is 1. The molecule has 3 rings (SSSR count). The number of benzene rings is 1. The van der Waals surface area contributed by atoms with Crippen molar-refractivity contribution in [2.24, 2.45) is 0 Å². The van der Waals surface area contributed by atoms with Gasteiger partial charge in [-0.2, -0.15) is 0 Å². The van der Waals surface area contributed by atoms with Crippen LogP contribution >= 0.6 is 23.2 Å². The molecule has 1 aliphatic heterocycles. The maximum Gasteiger partial charge on any atom is 0.226 e. The summed E-state index contributed by atoms with van der Waals surface area (Å²) in [5, 5.41) is 3.40. The largest absolute Gasteiger partial charge is 0.456 e. The summed E-state index contributed by atoms with van der Waals surface area (Å²) in [4.78, 5) is 18.7. The average molecular weight is 425 g/mol. The molecule has 1 amide bonds. The van der Waals surface area contributed by atoms with Crippen molar-refractivity contribution in [1.29, 1.82) is 0 Å². The number of anilines is 1. The molecule has 1 aromatic carbocycles. The number of halogens is 2. The van der Waals surface area contributed by atoms with E-state index in [1.807, 2.05) is 0 Å². The van der Waals surface area contributed by atoms with E-state index in [0.29, 0.717) is 29.4 Å². The highest BCUT2D eigenvalue weighted by Crippen LogP contribution is 2.38. The number of nitrogens with zero attached hydrogens (tertiary/aromatic N) is 2. The van der Waals surface area contributed by atoms with Gasteiger partial charge in [-0.1, -0.05) is 23.2 Å². The Morgan fingerprint density at radius 3 is 2.82 bits per heavy atom. The topological polar surface area (TPSA) is 89.7 Å². The molecule has 7 nitrogen and oxygen atoms in total. The highest BCUT2D eigenvalue weighted by molar-refractivity contribution is 6.44. The summed E-state index contributed by atoms with van der Waals surface area (Å²) in [6, 6.07) is 6.64. The van der Waals surface area contributed by atoms with Crippen molar-refractivity contribution >= 4 is 34.8 Å². The summed E-state index contributed by atoms with van der Waals surface area (Å²) >= 11 is 12.2. The molecule has 0 aliphatic carbocycles. The van der Waals surface area contributed by atoms with Crippen molar-refractivity contribution in [2.75, 3.05) is 45.1 Å². The first kappa shape index (κ1) is 20.7. The van der Waals surface area contributed by atoms with Crippen molar-refractivity contribution in [3.63, 3.8) is 0 Å². The lowest BCUT2D eigenvalue weighted by atomic mass is 10.2. The summed E-state index contributed by atoms with van der Waals surface area (Å²) in [7, 11) is 0. The number of nitrogens with one attached hydrogen (secondary N) is 1. The van der Waals surface area contributed by atoms with Crippen molar-refractivity contribution in [3.8, 4) is 11.5 Å². The Labute approximate surface area is 173 Å². The fourth-order valence-corrected chi connectivity index (χ4v) is 3.14. The Kier molecular flexibility index (Phi) is 7.33. The molecule has 2 aromatic rings. The van der Waals surface area contributed by atoms with Gasteiger partial charge in [-0.25, -0.2) is 0 Å². The monoisotopic (exact) mass is 424 g/mol. The van der Waals surface area contributed by atoms with Gasteiger partial charge in [0.2, 0.25) is 5.91 Å². The van der Waals surface area contributed by atoms with Gasteiger partial charge in [0.1, 0.15) is 16.5 Å². The first-order valence-electron chi connectivity index (χ1n) is 8.96. The zero-order chi connectivity index (χ0) is 19.9. The van der Waals surface area contributed by atoms with E-state index < -0.39 is 0 Å². The number of nitrogen functional groups attached to an aromatic ring is 1. The number of rotatable bonds is 7. The maximum absolute atomic E-state index is 12.2. The number of hydrogen-bond donors (Lipinski definition) is 2. The quantitative estimate of drug-likeness (QED) is 0.664. The third-order valence-electron chi connectivity index (χ3n) is 4.29. The number of carbonyl (C=O) groups is 1. The highest BCUT2D eigenvalue weighted by atomic mass is 35.5. The first-order chi connectivity index (χ1) is 13.5. The highest BCUT2D eigenvalue weighted by Gasteiger charge is 2.13. The van der Waals surface area contributed by atoms with Gasteiger partial charge in [0.25, 0.3) is 0 Å². The molecule has 3 N–H and O–H groups in total. The predicted octanol–water partition coefficient (Wildman–Crippen LogP) is 2.75. The van der Waals surface area contributed by atoms with Gasteiger partial charge in [-0.15, -0.1) is 0 Å². The normalized spacial score (nSPS) is 14.6. The second-order valence-electron chi connectivity index (χ2n) is 6.35. The van der Waals surface area contributed by atoms with E-state index >= 15 is 0 Å².